The number of methoxy groups -OCH3 is 1. The second kappa shape index (κ2) is 9.24. The van der Waals surface area contributed by atoms with Crippen LogP contribution in [0.25, 0.3) is 0 Å². The Morgan fingerprint density at radius 3 is 2.73 bits per heavy atom. The largest absolute Gasteiger partial charge is 0.497 e. The van der Waals surface area contributed by atoms with Gasteiger partial charge in [0.25, 0.3) is 5.56 Å². The maximum Gasteiger partial charge on any atom is 0.330 e. The molecule has 10 nitrogen and oxygen atoms in total. The molecule has 1 aliphatic heterocycles. The fraction of sp³-hybridized carbons (Fsp3) is 0.450. The van der Waals surface area contributed by atoms with E-state index in [0.717, 1.165) is 5.56 Å². The van der Waals surface area contributed by atoms with Gasteiger partial charge in [0.15, 0.2) is 0 Å². The maximum atomic E-state index is 12.6. The molecule has 162 valence electrons. The summed E-state index contributed by atoms with van der Waals surface area (Å²) < 4.78 is 12.1. The van der Waals surface area contributed by atoms with E-state index in [4.69, 9.17) is 15.2 Å². The number of amides is 1. The Balaban J connectivity index is 1.66. The number of H-pyrrole nitrogens is 1. The first kappa shape index (κ1) is 21.8. The van der Waals surface area contributed by atoms with Crippen LogP contribution in [0.5, 0.6) is 5.75 Å². The van der Waals surface area contributed by atoms with Gasteiger partial charge in [0.2, 0.25) is 5.91 Å². The van der Waals surface area contributed by atoms with Gasteiger partial charge in [-0.1, -0.05) is 12.1 Å². The standard InChI is InChI=1S/C20H26N4O6/c1-11-9-24(20(28)23-18(11)26)17-8-15(16(10-25)30-17)22-19(27)14(21)7-12-3-5-13(29-2)6-4-12/h3-6,9,14-17,25H,7-8,10,21H2,1-2H3,(H,22,27)(H,23,26,28)/t14-,15+,16-,17+/m0/s1. The third-order valence-corrected chi connectivity index (χ3v) is 5.15. The number of aromatic amines is 1. The van der Waals surface area contributed by atoms with E-state index in [-0.39, 0.29) is 18.9 Å². The van der Waals surface area contributed by atoms with Crippen molar-refractivity contribution in [1.82, 2.24) is 14.9 Å². The van der Waals surface area contributed by atoms with Gasteiger partial charge in [-0.2, -0.15) is 0 Å². The number of carbonyl (C=O) groups is 1. The van der Waals surface area contributed by atoms with Gasteiger partial charge < -0.3 is 25.6 Å². The summed E-state index contributed by atoms with van der Waals surface area (Å²) in [5, 5.41) is 12.4. The lowest BCUT2D eigenvalue weighted by molar-refractivity contribution is -0.123. The summed E-state index contributed by atoms with van der Waals surface area (Å²) in [6, 6.07) is 5.93. The molecule has 0 radical (unpaired) electrons. The van der Waals surface area contributed by atoms with E-state index >= 15 is 0 Å². The Kier molecular flexibility index (Phi) is 6.70. The molecule has 2 aromatic rings. The molecule has 10 heteroatoms. The molecule has 0 aliphatic carbocycles. The molecule has 3 rings (SSSR count). The number of aryl methyl sites for hydroxylation is 1. The van der Waals surface area contributed by atoms with Crippen molar-refractivity contribution in [1.29, 1.82) is 0 Å². The number of hydrogen-bond acceptors (Lipinski definition) is 7. The number of hydrogen-bond donors (Lipinski definition) is 4. The van der Waals surface area contributed by atoms with Crippen LogP contribution in [0.4, 0.5) is 0 Å². The molecule has 2 heterocycles. The second-order valence-corrected chi connectivity index (χ2v) is 7.30. The summed E-state index contributed by atoms with van der Waals surface area (Å²) in [7, 11) is 1.57. The highest BCUT2D eigenvalue weighted by Crippen LogP contribution is 2.27. The van der Waals surface area contributed by atoms with Gasteiger partial charge in [0.05, 0.1) is 25.8 Å². The molecule has 0 saturated carbocycles. The van der Waals surface area contributed by atoms with Crippen molar-refractivity contribution < 1.29 is 19.4 Å². The Hall–Kier alpha value is -2.95. The molecule has 0 spiro atoms. The molecule has 4 atom stereocenters. The fourth-order valence-corrected chi connectivity index (χ4v) is 3.42. The minimum absolute atomic E-state index is 0.248. The average molecular weight is 418 g/mol. The number of nitrogens with one attached hydrogen (secondary N) is 2. The first-order chi connectivity index (χ1) is 14.3. The molecule has 1 aromatic carbocycles. The predicted octanol–water partition coefficient (Wildman–Crippen LogP) is -0.812. The number of carbonyl (C=O) groups excluding carboxylic acids is 1. The average Bonchev–Trinajstić information content (AvgIpc) is 3.13. The van der Waals surface area contributed by atoms with E-state index in [9.17, 15) is 19.5 Å². The first-order valence-electron chi connectivity index (χ1n) is 9.59. The Morgan fingerprint density at radius 2 is 2.10 bits per heavy atom. The SMILES string of the molecule is COc1ccc(C[C@H](N)C(=O)N[C@@H]2C[C@H](n3cc(C)c(=O)[nH]c3=O)O[C@H]2CO)cc1. The zero-order valence-corrected chi connectivity index (χ0v) is 16.8. The van der Waals surface area contributed by atoms with Crippen LogP contribution >= 0.6 is 0 Å². The van der Waals surface area contributed by atoms with Crippen molar-refractivity contribution in [2.45, 2.75) is 44.2 Å². The quantitative estimate of drug-likeness (QED) is 0.459. The van der Waals surface area contributed by atoms with Crippen molar-refractivity contribution in [3.63, 3.8) is 0 Å². The first-order valence-corrected chi connectivity index (χ1v) is 9.59. The monoisotopic (exact) mass is 418 g/mol. The third-order valence-electron chi connectivity index (χ3n) is 5.15. The molecule has 0 unspecified atom stereocenters. The zero-order valence-electron chi connectivity index (χ0n) is 16.8. The number of nitrogens with two attached hydrogens (primary N) is 1. The van der Waals surface area contributed by atoms with Crippen LogP contribution in [-0.2, 0) is 16.0 Å². The Morgan fingerprint density at radius 1 is 1.40 bits per heavy atom. The lowest BCUT2D eigenvalue weighted by Crippen LogP contribution is -2.49. The molecule has 1 aliphatic rings. The van der Waals surface area contributed by atoms with Crippen LogP contribution < -0.4 is 27.0 Å². The van der Waals surface area contributed by atoms with Gasteiger partial charge in [0.1, 0.15) is 18.1 Å². The number of benzene rings is 1. The molecule has 30 heavy (non-hydrogen) atoms. The summed E-state index contributed by atoms with van der Waals surface area (Å²) in [5.74, 6) is 0.327. The summed E-state index contributed by atoms with van der Waals surface area (Å²) in [5.41, 5.74) is 6.20. The molecule has 5 N–H and O–H groups in total. The van der Waals surface area contributed by atoms with E-state index in [1.807, 2.05) is 12.1 Å². The fourth-order valence-electron chi connectivity index (χ4n) is 3.42. The van der Waals surface area contributed by atoms with Gasteiger partial charge in [0, 0.05) is 18.2 Å². The molecule has 1 aromatic heterocycles. The highest BCUT2D eigenvalue weighted by Gasteiger charge is 2.38. The van der Waals surface area contributed by atoms with Gasteiger partial charge >= 0.3 is 5.69 Å². The Labute approximate surface area is 172 Å². The van der Waals surface area contributed by atoms with E-state index in [1.165, 1.54) is 10.8 Å². The Bertz CT molecular complexity index is 1000. The van der Waals surface area contributed by atoms with Gasteiger partial charge in [-0.15, -0.1) is 0 Å². The van der Waals surface area contributed by atoms with Crippen molar-refractivity contribution in [3.05, 3.63) is 62.4 Å². The van der Waals surface area contributed by atoms with Crippen molar-refractivity contribution in [2.75, 3.05) is 13.7 Å². The summed E-state index contributed by atoms with van der Waals surface area (Å²) in [6.07, 6.45) is 0.548. The number of aliphatic hydroxyl groups excluding tert-OH is 1. The van der Waals surface area contributed by atoms with Crippen LogP contribution in [0, 0.1) is 6.92 Å². The minimum atomic E-state index is -0.796. The number of ether oxygens (including phenoxy) is 2. The van der Waals surface area contributed by atoms with Gasteiger partial charge in [-0.05, 0) is 31.0 Å². The van der Waals surface area contributed by atoms with E-state index in [0.29, 0.717) is 17.7 Å². The lowest BCUT2D eigenvalue weighted by atomic mass is 10.0. The number of nitrogens with zero attached hydrogens (tertiary/aromatic N) is 1. The van der Waals surface area contributed by atoms with Crippen LogP contribution in [0.3, 0.4) is 0 Å². The summed E-state index contributed by atoms with van der Waals surface area (Å²) >= 11 is 0. The van der Waals surface area contributed by atoms with E-state index < -0.39 is 35.7 Å². The van der Waals surface area contributed by atoms with Crippen molar-refractivity contribution in [2.24, 2.45) is 5.73 Å². The van der Waals surface area contributed by atoms with Gasteiger partial charge in [-0.25, -0.2) is 4.79 Å². The zero-order chi connectivity index (χ0) is 21.8. The molecular formula is C20H26N4O6. The van der Waals surface area contributed by atoms with Crippen molar-refractivity contribution >= 4 is 5.91 Å². The summed E-state index contributed by atoms with van der Waals surface area (Å²) in [4.78, 5) is 38.5. The molecule has 1 amide bonds. The maximum absolute atomic E-state index is 12.6. The normalized spacial score (nSPS) is 21.9. The van der Waals surface area contributed by atoms with Crippen LogP contribution in [0.1, 0.15) is 23.8 Å². The topological polar surface area (TPSA) is 149 Å². The number of aliphatic hydroxyl groups is 1. The van der Waals surface area contributed by atoms with Gasteiger partial charge in [-0.3, -0.25) is 19.1 Å². The highest BCUT2D eigenvalue weighted by atomic mass is 16.5. The summed E-state index contributed by atoms with van der Waals surface area (Å²) in [6.45, 7) is 1.23. The van der Waals surface area contributed by atoms with E-state index in [1.54, 1.807) is 26.2 Å². The van der Waals surface area contributed by atoms with Crippen molar-refractivity contribution in [3.8, 4) is 5.75 Å². The second-order valence-electron chi connectivity index (χ2n) is 7.30. The van der Waals surface area contributed by atoms with Crippen LogP contribution in [-0.4, -0.2) is 52.5 Å². The number of rotatable bonds is 7. The number of aromatic nitrogens is 2. The molecule has 1 saturated heterocycles. The van der Waals surface area contributed by atoms with E-state index in [2.05, 4.69) is 10.3 Å². The highest BCUT2D eigenvalue weighted by molar-refractivity contribution is 5.82. The smallest absolute Gasteiger partial charge is 0.330 e. The molecule has 0 bridgehead atoms. The van der Waals surface area contributed by atoms with Crippen LogP contribution in [0.2, 0.25) is 0 Å². The predicted molar refractivity (Wildman–Crippen MR) is 108 cm³/mol. The lowest BCUT2D eigenvalue weighted by Gasteiger charge is -2.20. The van der Waals surface area contributed by atoms with Crippen LogP contribution in [0.15, 0.2) is 40.1 Å². The molecular weight excluding hydrogens is 392 g/mol. The minimum Gasteiger partial charge on any atom is -0.497 e. The molecule has 1 fully saturated rings. The third kappa shape index (κ3) is 4.78.